The molecular weight excluding hydrogens is 272 g/mol. The molecule has 4 nitrogen and oxygen atoms in total. The van der Waals surface area contributed by atoms with Crippen LogP contribution in [0.2, 0.25) is 0 Å². The van der Waals surface area contributed by atoms with Gasteiger partial charge in [-0.25, -0.2) is 0 Å². The first-order chi connectivity index (χ1) is 10.7. The zero-order chi connectivity index (χ0) is 15.4. The molecule has 1 aromatic carbocycles. The fraction of sp³-hybridized carbons (Fsp3) is 0.556. The van der Waals surface area contributed by atoms with Crippen LogP contribution in [0.3, 0.4) is 0 Å². The van der Waals surface area contributed by atoms with E-state index >= 15 is 0 Å². The first-order valence-corrected chi connectivity index (χ1v) is 8.19. The molecule has 1 N–H and O–H groups in total. The number of guanidine groups is 1. The predicted octanol–water partition coefficient (Wildman–Crippen LogP) is 2.90. The van der Waals surface area contributed by atoms with Gasteiger partial charge in [-0.05, 0) is 42.4 Å². The summed E-state index contributed by atoms with van der Waals surface area (Å²) in [5.74, 6) is 1.01. The van der Waals surface area contributed by atoms with Crippen molar-refractivity contribution in [2.24, 2.45) is 10.4 Å². The molecule has 3 rings (SSSR count). The van der Waals surface area contributed by atoms with Gasteiger partial charge in [0.15, 0.2) is 5.96 Å². The van der Waals surface area contributed by atoms with E-state index in [1.165, 1.54) is 37.7 Å². The third kappa shape index (κ3) is 3.09. The van der Waals surface area contributed by atoms with E-state index in [2.05, 4.69) is 21.3 Å². The van der Waals surface area contributed by atoms with Crippen molar-refractivity contribution in [3.63, 3.8) is 0 Å². The molecule has 0 aromatic heterocycles. The van der Waals surface area contributed by atoms with Crippen LogP contribution in [-0.4, -0.2) is 31.0 Å². The summed E-state index contributed by atoms with van der Waals surface area (Å²) in [4.78, 5) is 6.86. The summed E-state index contributed by atoms with van der Waals surface area (Å²) < 4.78 is 0. The molecule has 0 bridgehead atoms. The first-order valence-electron chi connectivity index (χ1n) is 8.19. The fourth-order valence-corrected chi connectivity index (χ4v) is 3.86. The van der Waals surface area contributed by atoms with Crippen molar-refractivity contribution in [3.8, 4) is 6.07 Å². The summed E-state index contributed by atoms with van der Waals surface area (Å²) in [6.07, 6.45) is 6.87. The van der Waals surface area contributed by atoms with Crippen LogP contribution < -0.4 is 5.32 Å². The van der Waals surface area contributed by atoms with Crippen LogP contribution in [0.25, 0.3) is 0 Å². The van der Waals surface area contributed by atoms with E-state index in [1.807, 2.05) is 31.3 Å². The number of hydrogen-bond donors (Lipinski definition) is 1. The molecule has 2 fully saturated rings. The van der Waals surface area contributed by atoms with Crippen LogP contribution >= 0.6 is 0 Å². The number of nitrogens with zero attached hydrogens (tertiary/aromatic N) is 3. The van der Waals surface area contributed by atoms with Gasteiger partial charge in [0.25, 0.3) is 0 Å². The Morgan fingerprint density at radius 2 is 2.00 bits per heavy atom. The SMILES string of the molecule is CN=C(NCc1ccc(C#N)cc1)N1CCC2(CCCC2)C1. The highest BCUT2D eigenvalue weighted by Crippen LogP contribution is 2.45. The molecule has 4 heteroatoms. The molecule has 1 heterocycles. The lowest BCUT2D eigenvalue weighted by molar-refractivity contribution is 0.309. The Labute approximate surface area is 132 Å². The van der Waals surface area contributed by atoms with Crippen molar-refractivity contribution in [3.05, 3.63) is 35.4 Å². The van der Waals surface area contributed by atoms with Crippen molar-refractivity contribution in [1.82, 2.24) is 10.2 Å². The van der Waals surface area contributed by atoms with Crippen molar-refractivity contribution >= 4 is 5.96 Å². The maximum absolute atomic E-state index is 8.84. The summed E-state index contributed by atoms with van der Waals surface area (Å²) in [5.41, 5.74) is 2.44. The van der Waals surface area contributed by atoms with Gasteiger partial charge in [0.05, 0.1) is 11.6 Å². The molecule has 1 saturated heterocycles. The number of benzene rings is 1. The van der Waals surface area contributed by atoms with E-state index in [4.69, 9.17) is 5.26 Å². The van der Waals surface area contributed by atoms with E-state index in [0.29, 0.717) is 11.0 Å². The second kappa shape index (κ2) is 6.39. The Bertz CT molecular complexity index is 576. The zero-order valence-corrected chi connectivity index (χ0v) is 13.3. The van der Waals surface area contributed by atoms with Crippen LogP contribution in [0.4, 0.5) is 0 Å². The molecular formula is C18H24N4. The lowest BCUT2D eigenvalue weighted by Crippen LogP contribution is -2.40. The number of nitrogens with one attached hydrogen (secondary N) is 1. The van der Waals surface area contributed by atoms with Crippen molar-refractivity contribution < 1.29 is 0 Å². The van der Waals surface area contributed by atoms with Gasteiger partial charge in [-0.2, -0.15) is 5.26 Å². The number of nitriles is 1. The minimum absolute atomic E-state index is 0.562. The van der Waals surface area contributed by atoms with E-state index in [9.17, 15) is 0 Å². The minimum atomic E-state index is 0.562. The van der Waals surface area contributed by atoms with Gasteiger partial charge >= 0.3 is 0 Å². The standard InChI is InChI=1S/C18H24N4/c1-20-17(21-13-16-6-4-15(12-19)5-7-16)22-11-10-18(14-22)8-2-3-9-18/h4-7H,2-3,8-11,13-14H2,1H3,(H,20,21). The van der Waals surface area contributed by atoms with Gasteiger partial charge in [-0.15, -0.1) is 0 Å². The van der Waals surface area contributed by atoms with E-state index in [0.717, 1.165) is 25.6 Å². The maximum Gasteiger partial charge on any atom is 0.193 e. The van der Waals surface area contributed by atoms with Crippen molar-refractivity contribution in [1.29, 1.82) is 5.26 Å². The normalized spacial score (nSPS) is 20.4. The summed E-state index contributed by atoms with van der Waals surface area (Å²) in [5, 5.41) is 12.3. The van der Waals surface area contributed by atoms with Crippen LogP contribution in [0.1, 0.15) is 43.2 Å². The van der Waals surface area contributed by atoms with Crippen molar-refractivity contribution in [2.45, 2.75) is 38.6 Å². The summed E-state index contributed by atoms with van der Waals surface area (Å²) in [7, 11) is 1.86. The highest BCUT2D eigenvalue weighted by Gasteiger charge is 2.40. The monoisotopic (exact) mass is 296 g/mol. The van der Waals surface area contributed by atoms with Crippen LogP contribution in [0.15, 0.2) is 29.3 Å². The molecule has 1 aliphatic carbocycles. The van der Waals surface area contributed by atoms with Gasteiger partial charge in [0, 0.05) is 26.7 Å². The molecule has 1 spiro atoms. The average Bonchev–Trinajstić information content (AvgIpc) is 3.19. The molecule has 0 amide bonds. The number of hydrogen-bond acceptors (Lipinski definition) is 2. The molecule has 116 valence electrons. The van der Waals surface area contributed by atoms with Crippen LogP contribution in [0, 0.1) is 16.7 Å². The smallest absolute Gasteiger partial charge is 0.193 e. The topological polar surface area (TPSA) is 51.4 Å². The number of likely N-dealkylation sites (tertiary alicyclic amines) is 1. The maximum atomic E-state index is 8.84. The Morgan fingerprint density at radius 3 is 2.64 bits per heavy atom. The Balaban J connectivity index is 1.57. The molecule has 1 saturated carbocycles. The summed E-state index contributed by atoms with van der Waals surface area (Å²) in [6, 6.07) is 9.88. The minimum Gasteiger partial charge on any atom is -0.352 e. The molecule has 1 aliphatic heterocycles. The fourth-order valence-electron chi connectivity index (χ4n) is 3.86. The quantitative estimate of drug-likeness (QED) is 0.674. The van der Waals surface area contributed by atoms with Crippen LogP contribution in [-0.2, 0) is 6.54 Å². The number of aliphatic imine (C=N–C) groups is 1. The molecule has 22 heavy (non-hydrogen) atoms. The van der Waals surface area contributed by atoms with E-state index in [-0.39, 0.29) is 0 Å². The Morgan fingerprint density at radius 1 is 1.27 bits per heavy atom. The van der Waals surface area contributed by atoms with Gasteiger partial charge in [0.1, 0.15) is 0 Å². The summed E-state index contributed by atoms with van der Waals surface area (Å²) in [6.45, 7) is 3.02. The molecule has 0 atom stereocenters. The zero-order valence-electron chi connectivity index (χ0n) is 13.3. The highest BCUT2D eigenvalue weighted by molar-refractivity contribution is 5.80. The highest BCUT2D eigenvalue weighted by atomic mass is 15.3. The third-order valence-corrected chi connectivity index (χ3v) is 5.15. The van der Waals surface area contributed by atoms with Gasteiger partial charge in [-0.3, -0.25) is 4.99 Å². The predicted molar refractivity (Wildman–Crippen MR) is 88.4 cm³/mol. The second-order valence-electron chi connectivity index (χ2n) is 6.59. The molecule has 0 unspecified atom stereocenters. The van der Waals surface area contributed by atoms with Gasteiger partial charge in [0.2, 0.25) is 0 Å². The van der Waals surface area contributed by atoms with Gasteiger partial charge in [-0.1, -0.05) is 25.0 Å². The van der Waals surface area contributed by atoms with E-state index in [1.54, 1.807) is 0 Å². The van der Waals surface area contributed by atoms with E-state index < -0.39 is 0 Å². The first kappa shape index (κ1) is 14.9. The van der Waals surface area contributed by atoms with Crippen LogP contribution in [0.5, 0.6) is 0 Å². The second-order valence-corrected chi connectivity index (χ2v) is 6.59. The third-order valence-electron chi connectivity index (χ3n) is 5.15. The number of rotatable bonds is 2. The lowest BCUT2D eigenvalue weighted by Gasteiger charge is -2.26. The summed E-state index contributed by atoms with van der Waals surface area (Å²) >= 11 is 0. The molecule has 0 radical (unpaired) electrons. The Kier molecular flexibility index (Phi) is 4.33. The van der Waals surface area contributed by atoms with Crippen molar-refractivity contribution in [2.75, 3.05) is 20.1 Å². The lowest BCUT2D eigenvalue weighted by atomic mass is 9.86. The largest absolute Gasteiger partial charge is 0.352 e. The Hall–Kier alpha value is -2.02. The molecule has 1 aromatic rings. The van der Waals surface area contributed by atoms with Gasteiger partial charge < -0.3 is 10.2 Å². The molecule has 2 aliphatic rings. The average molecular weight is 296 g/mol.